The van der Waals surface area contributed by atoms with Crippen molar-refractivity contribution in [1.29, 1.82) is 0 Å². The summed E-state index contributed by atoms with van der Waals surface area (Å²) in [6, 6.07) is 9.61. The van der Waals surface area contributed by atoms with Crippen molar-refractivity contribution in [3.63, 3.8) is 0 Å². The zero-order valence-electron chi connectivity index (χ0n) is 25.9. The predicted octanol–water partition coefficient (Wildman–Crippen LogP) is 5.66. The highest BCUT2D eigenvalue weighted by Gasteiger charge is 2.23. The van der Waals surface area contributed by atoms with Crippen LogP contribution >= 0.6 is 11.6 Å². The Hall–Kier alpha value is -3.48. The van der Waals surface area contributed by atoms with Gasteiger partial charge in [-0.15, -0.1) is 0 Å². The molecule has 0 unspecified atom stereocenters. The second-order valence-electron chi connectivity index (χ2n) is 11.2. The summed E-state index contributed by atoms with van der Waals surface area (Å²) in [4.78, 5) is 13.9. The van der Waals surface area contributed by atoms with Crippen LogP contribution in [0, 0.1) is 0 Å². The van der Waals surface area contributed by atoms with E-state index >= 15 is 0 Å². The van der Waals surface area contributed by atoms with Gasteiger partial charge in [0.05, 0.1) is 43.2 Å². The van der Waals surface area contributed by atoms with E-state index in [4.69, 9.17) is 21.1 Å². The first-order chi connectivity index (χ1) is 21.2. The molecule has 3 aliphatic rings. The van der Waals surface area contributed by atoms with Gasteiger partial charge in [0, 0.05) is 50.5 Å². The fraction of sp³-hybridized carbons (Fsp3) is 0.484. The third kappa shape index (κ3) is 7.59. The largest absolute Gasteiger partial charge is 0.494 e. The summed E-state index contributed by atoms with van der Waals surface area (Å²) in [5.41, 5.74) is 4.18. The molecule has 3 aliphatic heterocycles. The molecule has 0 amide bonds. The lowest BCUT2D eigenvalue weighted by Gasteiger charge is -2.35. The molecule has 1 saturated heterocycles. The molecular formula is C31H42ClN7O4S. The van der Waals surface area contributed by atoms with Gasteiger partial charge in [0.1, 0.15) is 16.5 Å². The summed E-state index contributed by atoms with van der Waals surface area (Å²) in [5.74, 6) is 1.95. The lowest BCUT2D eigenvalue weighted by molar-refractivity contribution is 0.305. The monoisotopic (exact) mass is 643 g/mol. The molecule has 1 aromatic heterocycles. The summed E-state index contributed by atoms with van der Waals surface area (Å²) in [6.45, 7) is 6.52. The van der Waals surface area contributed by atoms with Crippen molar-refractivity contribution < 1.29 is 17.9 Å². The van der Waals surface area contributed by atoms with Crippen LogP contribution in [0.1, 0.15) is 38.2 Å². The van der Waals surface area contributed by atoms with Crippen LogP contribution in [0.25, 0.3) is 0 Å². The number of benzene rings is 2. The molecule has 4 heterocycles. The number of fused-ring (bicyclic) bond motifs is 8. The Labute approximate surface area is 265 Å². The van der Waals surface area contributed by atoms with Crippen molar-refractivity contribution in [1.82, 2.24) is 14.9 Å². The van der Waals surface area contributed by atoms with Gasteiger partial charge < -0.3 is 29.9 Å². The van der Waals surface area contributed by atoms with E-state index in [-0.39, 0.29) is 11.6 Å². The molecule has 0 aliphatic carbocycles. The number of anilines is 6. The number of aryl methyl sites for hydroxylation is 1. The highest BCUT2D eigenvalue weighted by molar-refractivity contribution is 7.92. The summed E-state index contributed by atoms with van der Waals surface area (Å²) in [7, 11) is 0.258. The first kappa shape index (κ1) is 31.9. The third-order valence-corrected chi connectivity index (χ3v) is 9.56. The van der Waals surface area contributed by atoms with Crippen LogP contribution in [-0.2, 0) is 16.4 Å². The molecule has 238 valence electrons. The van der Waals surface area contributed by atoms with Gasteiger partial charge in [-0.3, -0.25) is 4.31 Å². The number of methoxy groups -OCH3 is 1. The number of aromatic nitrogens is 2. The van der Waals surface area contributed by atoms with Crippen LogP contribution in [0.4, 0.5) is 34.5 Å². The summed E-state index contributed by atoms with van der Waals surface area (Å²) < 4.78 is 38.7. The van der Waals surface area contributed by atoms with Crippen molar-refractivity contribution in [2.75, 3.05) is 79.6 Å². The third-order valence-electron chi connectivity index (χ3n) is 8.02. The number of rotatable bonds is 5. The van der Waals surface area contributed by atoms with Crippen LogP contribution in [-0.4, -0.2) is 83.0 Å². The van der Waals surface area contributed by atoms with Crippen LogP contribution in [0.3, 0.4) is 0 Å². The molecule has 0 atom stereocenters. The molecule has 1 fully saturated rings. The van der Waals surface area contributed by atoms with Gasteiger partial charge >= 0.3 is 0 Å². The first-order valence-corrected chi connectivity index (χ1v) is 17.3. The number of sulfonamides is 1. The van der Waals surface area contributed by atoms with Gasteiger partial charge in [-0.25, -0.2) is 13.4 Å². The Balaban J connectivity index is 1.55. The average molecular weight is 644 g/mol. The van der Waals surface area contributed by atoms with Crippen molar-refractivity contribution in [3.05, 3.63) is 47.1 Å². The molecule has 0 radical (unpaired) electrons. The van der Waals surface area contributed by atoms with Gasteiger partial charge in [-0.2, -0.15) is 4.98 Å². The topological polar surface area (TPSA) is 112 Å². The SMILES string of the molecule is CCN(c1cc2ccc1Nc1nc(ncc1Cl)Nc1cc(c(N3CCN(C)CC3)cc1OC)CCCCCCO2)S(C)(=O)=O. The van der Waals surface area contributed by atoms with E-state index in [1.165, 1.54) is 28.0 Å². The predicted molar refractivity (Wildman–Crippen MR) is 178 cm³/mol. The first-order valence-electron chi connectivity index (χ1n) is 15.1. The Morgan fingerprint density at radius 3 is 2.55 bits per heavy atom. The number of piperazine rings is 1. The lowest BCUT2D eigenvalue weighted by Crippen LogP contribution is -2.44. The molecule has 6 rings (SSSR count). The normalized spacial score (nSPS) is 16.5. The van der Waals surface area contributed by atoms with E-state index in [0.29, 0.717) is 41.2 Å². The number of likely N-dealkylation sites (N-methyl/N-ethyl adjacent to an activating group) is 1. The quantitative estimate of drug-likeness (QED) is 0.361. The van der Waals surface area contributed by atoms with Gasteiger partial charge in [-0.1, -0.05) is 24.4 Å². The van der Waals surface area contributed by atoms with Crippen molar-refractivity contribution in [2.45, 2.75) is 39.0 Å². The standard InChI is InChI=1S/C31H42ClN7O4S/c1-5-39(44(4,40)41)28-19-23-11-12-25(28)34-30-24(32)21-33-31(36-30)35-26-18-22(10-8-6-7-9-17-43-23)27(20-29(26)42-3)38-15-13-37(2)14-16-38/h11-12,18-21H,5-10,13-17H2,1-4H3,(H2,33,34,35,36). The molecular weight excluding hydrogens is 602 g/mol. The maximum atomic E-state index is 12.7. The summed E-state index contributed by atoms with van der Waals surface area (Å²) >= 11 is 6.55. The zero-order valence-corrected chi connectivity index (χ0v) is 27.5. The maximum absolute atomic E-state index is 12.7. The molecule has 0 spiro atoms. The molecule has 11 nitrogen and oxygen atoms in total. The van der Waals surface area contributed by atoms with Gasteiger partial charge in [-0.05, 0) is 57.0 Å². The van der Waals surface area contributed by atoms with Crippen LogP contribution in [0.5, 0.6) is 11.5 Å². The zero-order chi connectivity index (χ0) is 31.3. The van der Waals surface area contributed by atoms with Crippen molar-refractivity contribution >= 4 is 56.1 Å². The lowest BCUT2D eigenvalue weighted by atomic mass is 10.0. The Kier molecular flexibility index (Phi) is 10.2. The van der Waals surface area contributed by atoms with E-state index < -0.39 is 10.0 Å². The molecule has 6 bridgehead atoms. The molecule has 2 N–H and O–H groups in total. The number of ether oxygens (including phenoxy) is 2. The Morgan fingerprint density at radius 1 is 1.05 bits per heavy atom. The fourth-order valence-electron chi connectivity index (χ4n) is 5.64. The minimum absolute atomic E-state index is 0.244. The minimum Gasteiger partial charge on any atom is -0.494 e. The van der Waals surface area contributed by atoms with Gasteiger partial charge in [0.2, 0.25) is 16.0 Å². The fourth-order valence-corrected chi connectivity index (χ4v) is 6.76. The number of hydrogen-bond donors (Lipinski definition) is 2. The van der Waals surface area contributed by atoms with Crippen molar-refractivity contribution in [3.8, 4) is 11.5 Å². The highest BCUT2D eigenvalue weighted by atomic mass is 35.5. The molecule has 0 saturated carbocycles. The van der Waals surface area contributed by atoms with E-state index in [1.54, 1.807) is 26.2 Å². The van der Waals surface area contributed by atoms with E-state index in [0.717, 1.165) is 64.0 Å². The van der Waals surface area contributed by atoms with Crippen molar-refractivity contribution in [2.24, 2.45) is 0 Å². The van der Waals surface area contributed by atoms with E-state index in [1.807, 2.05) is 6.07 Å². The Bertz CT molecular complexity index is 1560. The average Bonchev–Trinajstić information content (AvgIpc) is 2.99. The maximum Gasteiger partial charge on any atom is 0.232 e. The number of hydrogen-bond acceptors (Lipinski definition) is 10. The van der Waals surface area contributed by atoms with Crippen LogP contribution in [0.2, 0.25) is 5.02 Å². The minimum atomic E-state index is -3.57. The second kappa shape index (κ2) is 14.1. The van der Waals surface area contributed by atoms with Crippen LogP contribution in [0.15, 0.2) is 36.5 Å². The molecule has 2 aromatic carbocycles. The Morgan fingerprint density at radius 2 is 1.82 bits per heavy atom. The molecule has 3 aromatic rings. The number of halogens is 1. The van der Waals surface area contributed by atoms with E-state index in [9.17, 15) is 8.42 Å². The highest BCUT2D eigenvalue weighted by Crippen LogP contribution is 2.38. The molecule has 13 heteroatoms. The molecule has 44 heavy (non-hydrogen) atoms. The number of nitrogens with one attached hydrogen (secondary N) is 2. The van der Waals surface area contributed by atoms with E-state index in [2.05, 4.69) is 49.6 Å². The summed E-state index contributed by atoms with van der Waals surface area (Å²) in [5, 5.41) is 6.87. The van der Waals surface area contributed by atoms with Gasteiger partial charge in [0.15, 0.2) is 5.82 Å². The second-order valence-corrected chi connectivity index (χ2v) is 13.5. The number of nitrogens with zero attached hydrogens (tertiary/aromatic N) is 5. The van der Waals surface area contributed by atoms with Gasteiger partial charge in [0.25, 0.3) is 0 Å². The smallest absolute Gasteiger partial charge is 0.232 e. The summed E-state index contributed by atoms with van der Waals surface area (Å²) in [6.07, 6.45) is 7.66. The van der Waals surface area contributed by atoms with Crippen LogP contribution < -0.4 is 29.3 Å².